The number of para-hydroxylation sites is 1. The predicted molar refractivity (Wildman–Crippen MR) is 103 cm³/mol. The second-order valence-electron chi connectivity index (χ2n) is 7.51. The first-order valence-corrected chi connectivity index (χ1v) is 9.24. The van der Waals surface area contributed by atoms with Gasteiger partial charge in [-0.1, -0.05) is 48.5 Å². The van der Waals surface area contributed by atoms with Gasteiger partial charge in [0, 0.05) is 11.5 Å². The number of benzene rings is 3. The standard InChI is InChI=1S/C23H19NO3/c25-21-17-7-3-4-8-19(17)24-22(26)20-18(21)11-12-23(20,27)16-10-9-14-5-1-2-6-15(14)13-16/h1-10,13,18,20,27H,11-12H2,(H,24,26). The first kappa shape index (κ1) is 16.2. The van der Waals surface area contributed by atoms with Gasteiger partial charge < -0.3 is 10.4 Å². The predicted octanol–water partition coefficient (Wildman–Crippen LogP) is 3.89. The van der Waals surface area contributed by atoms with Crippen molar-refractivity contribution in [2.45, 2.75) is 18.4 Å². The molecular formula is C23H19NO3. The summed E-state index contributed by atoms with van der Waals surface area (Å²) in [6.45, 7) is 0. The van der Waals surface area contributed by atoms with Crippen molar-refractivity contribution in [3.63, 3.8) is 0 Å². The van der Waals surface area contributed by atoms with Crippen molar-refractivity contribution < 1.29 is 14.7 Å². The van der Waals surface area contributed by atoms with E-state index in [4.69, 9.17) is 0 Å². The summed E-state index contributed by atoms with van der Waals surface area (Å²) in [6, 6.07) is 20.8. The average Bonchev–Trinajstić information content (AvgIpc) is 3.01. The van der Waals surface area contributed by atoms with Gasteiger partial charge in [0.25, 0.3) is 0 Å². The lowest BCUT2D eigenvalue weighted by atomic mass is 9.78. The van der Waals surface area contributed by atoms with Crippen molar-refractivity contribution in [2.24, 2.45) is 11.8 Å². The smallest absolute Gasteiger partial charge is 0.231 e. The van der Waals surface area contributed by atoms with E-state index in [9.17, 15) is 14.7 Å². The quantitative estimate of drug-likeness (QED) is 0.694. The maximum Gasteiger partial charge on any atom is 0.231 e. The molecule has 27 heavy (non-hydrogen) atoms. The van der Waals surface area contributed by atoms with Gasteiger partial charge in [0.05, 0.1) is 11.6 Å². The number of aliphatic hydroxyl groups is 1. The Kier molecular flexibility index (Phi) is 3.46. The van der Waals surface area contributed by atoms with E-state index in [1.165, 1.54) is 0 Å². The first-order valence-electron chi connectivity index (χ1n) is 9.24. The Morgan fingerprint density at radius 3 is 2.52 bits per heavy atom. The second kappa shape index (κ2) is 5.76. The number of rotatable bonds is 1. The normalized spacial score (nSPS) is 27.0. The van der Waals surface area contributed by atoms with E-state index in [2.05, 4.69) is 5.32 Å². The number of hydrogen-bond donors (Lipinski definition) is 2. The van der Waals surface area contributed by atoms with Gasteiger partial charge in [0.2, 0.25) is 5.91 Å². The summed E-state index contributed by atoms with van der Waals surface area (Å²) >= 11 is 0. The van der Waals surface area contributed by atoms with Crippen LogP contribution in [-0.4, -0.2) is 16.8 Å². The largest absolute Gasteiger partial charge is 0.384 e. The number of fused-ring (bicyclic) bond motifs is 3. The van der Waals surface area contributed by atoms with Crippen molar-refractivity contribution in [3.8, 4) is 0 Å². The lowest BCUT2D eigenvalue weighted by Crippen LogP contribution is -2.41. The van der Waals surface area contributed by atoms with Crippen LogP contribution in [0.25, 0.3) is 10.8 Å². The monoisotopic (exact) mass is 357 g/mol. The molecule has 1 amide bonds. The van der Waals surface area contributed by atoms with Crippen LogP contribution in [0.2, 0.25) is 0 Å². The SMILES string of the molecule is O=C1c2ccccc2NC(=O)C2C1CCC2(O)c1ccc2ccccc2c1. The Morgan fingerprint density at radius 1 is 0.926 bits per heavy atom. The molecule has 0 radical (unpaired) electrons. The fraction of sp³-hybridized carbons (Fsp3) is 0.217. The van der Waals surface area contributed by atoms with Gasteiger partial charge in [-0.3, -0.25) is 9.59 Å². The van der Waals surface area contributed by atoms with Crippen LogP contribution < -0.4 is 5.32 Å². The Balaban J connectivity index is 1.62. The van der Waals surface area contributed by atoms with Crippen LogP contribution in [0.5, 0.6) is 0 Å². The number of anilines is 1. The Labute approximate surface area is 156 Å². The minimum absolute atomic E-state index is 0.0642. The third kappa shape index (κ3) is 2.33. The zero-order valence-corrected chi connectivity index (χ0v) is 14.7. The van der Waals surface area contributed by atoms with Gasteiger partial charge >= 0.3 is 0 Å². The zero-order valence-electron chi connectivity index (χ0n) is 14.7. The van der Waals surface area contributed by atoms with Crippen molar-refractivity contribution in [1.29, 1.82) is 0 Å². The molecule has 3 aromatic rings. The summed E-state index contributed by atoms with van der Waals surface area (Å²) in [6.07, 6.45) is 0.885. The van der Waals surface area contributed by atoms with Gasteiger partial charge in [-0.15, -0.1) is 0 Å². The maximum absolute atomic E-state index is 13.1. The van der Waals surface area contributed by atoms with Crippen molar-refractivity contribution in [2.75, 3.05) is 5.32 Å². The summed E-state index contributed by atoms with van der Waals surface area (Å²) in [7, 11) is 0. The van der Waals surface area contributed by atoms with E-state index >= 15 is 0 Å². The molecule has 1 fully saturated rings. The molecule has 1 heterocycles. The van der Waals surface area contributed by atoms with Crippen molar-refractivity contribution >= 4 is 28.2 Å². The van der Waals surface area contributed by atoms with Gasteiger partial charge in [-0.25, -0.2) is 0 Å². The van der Waals surface area contributed by atoms with E-state index in [0.717, 1.165) is 10.8 Å². The lowest BCUT2D eigenvalue weighted by molar-refractivity contribution is -0.129. The molecule has 0 bridgehead atoms. The van der Waals surface area contributed by atoms with E-state index in [1.807, 2.05) is 42.5 Å². The number of ketones is 1. The molecule has 3 aromatic carbocycles. The summed E-state index contributed by atoms with van der Waals surface area (Å²) in [5.74, 6) is -1.65. The molecule has 134 valence electrons. The summed E-state index contributed by atoms with van der Waals surface area (Å²) in [4.78, 5) is 26.1. The summed E-state index contributed by atoms with van der Waals surface area (Å²) in [5.41, 5.74) is 0.405. The molecule has 3 unspecified atom stereocenters. The molecule has 0 aromatic heterocycles. The van der Waals surface area contributed by atoms with Crippen LogP contribution >= 0.6 is 0 Å². The highest BCUT2D eigenvalue weighted by Crippen LogP contribution is 2.50. The van der Waals surface area contributed by atoms with Crippen LogP contribution in [0.15, 0.2) is 66.7 Å². The number of carbonyl (C=O) groups is 2. The highest BCUT2D eigenvalue weighted by molar-refractivity contribution is 6.12. The van der Waals surface area contributed by atoms with Crippen molar-refractivity contribution in [3.05, 3.63) is 77.9 Å². The molecule has 0 spiro atoms. The molecule has 2 aliphatic rings. The molecule has 4 nitrogen and oxygen atoms in total. The van der Waals surface area contributed by atoms with Gasteiger partial charge in [0.15, 0.2) is 5.78 Å². The highest BCUT2D eigenvalue weighted by Gasteiger charge is 2.56. The number of amides is 1. The third-order valence-corrected chi connectivity index (χ3v) is 6.07. The number of carbonyl (C=O) groups excluding carboxylic acids is 2. The van der Waals surface area contributed by atoms with E-state index in [0.29, 0.717) is 29.7 Å². The molecule has 4 heteroatoms. The third-order valence-electron chi connectivity index (χ3n) is 6.07. The number of Topliss-reactive ketones (excluding diaryl/α,β-unsaturated/α-hetero) is 1. The summed E-state index contributed by atoms with van der Waals surface area (Å²) < 4.78 is 0. The Morgan fingerprint density at radius 2 is 1.67 bits per heavy atom. The minimum Gasteiger partial charge on any atom is -0.384 e. The van der Waals surface area contributed by atoms with Crippen molar-refractivity contribution in [1.82, 2.24) is 0 Å². The zero-order chi connectivity index (χ0) is 18.6. The van der Waals surface area contributed by atoms with Crippen LogP contribution in [0.1, 0.15) is 28.8 Å². The second-order valence-corrected chi connectivity index (χ2v) is 7.51. The minimum atomic E-state index is -1.35. The van der Waals surface area contributed by atoms with Crippen LogP contribution in [0, 0.1) is 11.8 Å². The molecule has 1 saturated carbocycles. The fourth-order valence-electron chi connectivity index (χ4n) is 4.71. The fourth-order valence-corrected chi connectivity index (χ4v) is 4.71. The highest BCUT2D eigenvalue weighted by atomic mass is 16.3. The molecule has 3 atom stereocenters. The Bertz CT molecular complexity index is 1090. The molecular weight excluding hydrogens is 338 g/mol. The van der Waals surface area contributed by atoms with Crippen LogP contribution in [-0.2, 0) is 10.4 Å². The topological polar surface area (TPSA) is 66.4 Å². The average molecular weight is 357 g/mol. The van der Waals surface area contributed by atoms with Gasteiger partial charge in [-0.05, 0) is 47.4 Å². The van der Waals surface area contributed by atoms with Crippen LogP contribution in [0.4, 0.5) is 5.69 Å². The summed E-state index contributed by atoms with van der Waals surface area (Å²) in [5, 5.41) is 16.5. The number of nitrogens with one attached hydrogen (secondary N) is 1. The molecule has 1 aliphatic heterocycles. The van der Waals surface area contributed by atoms with Crippen LogP contribution in [0.3, 0.4) is 0 Å². The molecule has 2 N–H and O–H groups in total. The molecule has 5 rings (SSSR count). The van der Waals surface area contributed by atoms with Gasteiger partial charge in [0.1, 0.15) is 5.60 Å². The van der Waals surface area contributed by atoms with E-state index in [1.54, 1.807) is 24.3 Å². The van der Waals surface area contributed by atoms with Gasteiger partial charge in [-0.2, -0.15) is 0 Å². The Hall–Kier alpha value is -2.98. The lowest BCUT2D eigenvalue weighted by Gasteiger charge is -2.31. The van der Waals surface area contributed by atoms with E-state index < -0.39 is 17.4 Å². The molecule has 0 saturated heterocycles. The maximum atomic E-state index is 13.1. The molecule has 1 aliphatic carbocycles. The first-order chi connectivity index (χ1) is 13.1. The van der Waals surface area contributed by atoms with E-state index in [-0.39, 0.29) is 11.7 Å². The number of hydrogen-bond acceptors (Lipinski definition) is 3.